The van der Waals surface area contributed by atoms with E-state index in [1.807, 2.05) is 42.2 Å². The van der Waals surface area contributed by atoms with Crippen LogP contribution < -0.4 is 5.32 Å². The molecule has 0 radical (unpaired) electrons. The number of hydrogen-bond donors (Lipinski definition) is 1. The molecule has 3 heterocycles. The third kappa shape index (κ3) is 5.23. The van der Waals surface area contributed by atoms with E-state index in [1.54, 1.807) is 28.4 Å². The number of amides is 3. The van der Waals surface area contributed by atoms with Crippen LogP contribution in [0.25, 0.3) is 0 Å². The molecule has 2 aliphatic heterocycles. The Balaban J connectivity index is 1.21. The number of hydrogen-bond acceptors (Lipinski definition) is 4. The number of anilines is 1. The molecule has 1 atom stereocenters. The van der Waals surface area contributed by atoms with Gasteiger partial charge in [0, 0.05) is 43.3 Å². The van der Waals surface area contributed by atoms with Gasteiger partial charge in [0.1, 0.15) is 5.82 Å². The predicted molar refractivity (Wildman–Crippen MR) is 136 cm³/mol. The van der Waals surface area contributed by atoms with Crippen LogP contribution in [0.2, 0.25) is 0 Å². The Kier molecular flexibility index (Phi) is 6.83. The maximum Gasteiger partial charge on any atom is 0.321 e. The summed E-state index contributed by atoms with van der Waals surface area (Å²) in [4.78, 5) is 33.0. The standard InChI is InChI=1S/C27H29FN4O2S/c1-19-4-2-7-22(16-19)29-27(34)31-13-11-30(12-14-31)25(33)18-32-10-8-24-23(9-15-35-24)26(32)20-5-3-6-21(28)17-20/h2-7,9,15-17,26H,8,10-14,18H2,1H3,(H,29,34)/t26-/m1/s1. The first-order valence-electron chi connectivity index (χ1n) is 11.9. The van der Waals surface area contributed by atoms with E-state index in [-0.39, 0.29) is 30.3 Å². The quantitative estimate of drug-likeness (QED) is 0.583. The Bertz CT molecular complexity index is 1220. The van der Waals surface area contributed by atoms with E-state index in [2.05, 4.69) is 21.7 Å². The van der Waals surface area contributed by atoms with Crippen LogP contribution in [-0.4, -0.2) is 65.9 Å². The molecule has 35 heavy (non-hydrogen) atoms. The van der Waals surface area contributed by atoms with Crippen molar-refractivity contribution in [1.29, 1.82) is 0 Å². The van der Waals surface area contributed by atoms with Gasteiger partial charge in [-0.25, -0.2) is 9.18 Å². The number of halogens is 1. The molecule has 8 heteroatoms. The van der Waals surface area contributed by atoms with Gasteiger partial charge in [-0.2, -0.15) is 0 Å². The Morgan fingerprint density at radius 2 is 1.77 bits per heavy atom. The van der Waals surface area contributed by atoms with E-state index < -0.39 is 0 Å². The molecule has 3 amide bonds. The number of nitrogens with one attached hydrogen (secondary N) is 1. The van der Waals surface area contributed by atoms with E-state index in [4.69, 9.17) is 0 Å². The molecule has 2 aromatic carbocycles. The summed E-state index contributed by atoms with van der Waals surface area (Å²) in [6.45, 7) is 4.99. The van der Waals surface area contributed by atoms with Gasteiger partial charge in [-0.3, -0.25) is 9.69 Å². The highest BCUT2D eigenvalue weighted by atomic mass is 32.1. The van der Waals surface area contributed by atoms with Crippen LogP contribution >= 0.6 is 11.3 Å². The van der Waals surface area contributed by atoms with Crippen LogP contribution in [0.1, 0.15) is 27.6 Å². The summed E-state index contributed by atoms with van der Waals surface area (Å²) in [6.07, 6.45) is 0.888. The summed E-state index contributed by atoms with van der Waals surface area (Å²) in [6, 6.07) is 16.2. The SMILES string of the molecule is Cc1cccc(NC(=O)N2CCN(C(=O)CN3CCc4sccc4[C@H]3c3cccc(F)c3)CC2)c1. The molecule has 6 nitrogen and oxygen atoms in total. The van der Waals surface area contributed by atoms with Gasteiger partial charge in [0.2, 0.25) is 5.91 Å². The second-order valence-corrected chi connectivity index (χ2v) is 10.1. The van der Waals surface area contributed by atoms with Gasteiger partial charge in [-0.05, 0) is 65.7 Å². The number of aryl methyl sites for hydroxylation is 1. The molecular weight excluding hydrogens is 463 g/mol. The smallest absolute Gasteiger partial charge is 0.321 e. The number of benzene rings is 2. The lowest BCUT2D eigenvalue weighted by Crippen LogP contribution is -2.54. The third-order valence-corrected chi connectivity index (χ3v) is 7.75. The van der Waals surface area contributed by atoms with Crippen LogP contribution in [0, 0.1) is 12.7 Å². The zero-order valence-electron chi connectivity index (χ0n) is 19.7. The number of fused-ring (bicyclic) bond motifs is 1. The summed E-state index contributed by atoms with van der Waals surface area (Å²) in [5.74, 6) is -0.222. The van der Waals surface area contributed by atoms with Crippen LogP contribution in [-0.2, 0) is 11.2 Å². The minimum absolute atomic E-state index is 0.0452. The van der Waals surface area contributed by atoms with E-state index in [9.17, 15) is 14.0 Å². The van der Waals surface area contributed by atoms with Crippen LogP contribution in [0.5, 0.6) is 0 Å². The lowest BCUT2D eigenvalue weighted by atomic mass is 9.93. The number of thiophene rings is 1. The highest BCUT2D eigenvalue weighted by Crippen LogP contribution is 2.37. The molecule has 2 aliphatic rings. The summed E-state index contributed by atoms with van der Waals surface area (Å²) in [5, 5.41) is 5.02. The molecule has 0 saturated carbocycles. The second kappa shape index (κ2) is 10.2. The number of urea groups is 1. The van der Waals surface area contributed by atoms with Crippen LogP contribution in [0.3, 0.4) is 0 Å². The minimum Gasteiger partial charge on any atom is -0.338 e. The maximum absolute atomic E-state index is 14.0. The minimum atomic E-state index is -0.267. The predicted octanol–water partition coefficient (Wildman–Crippen LogP) is 4.52. The fourth-order valence-electron chi connectivity index (χ4n) is 4.96. The van der Waals surface area contributed by atoms with Crippen molar-refractivity contribution < 1.29 is 14.0 Å². The van der Waals surface area contributed by atoms with Gasteiger partial charge in [-0.15, -0.1) is 11.3 Å². The number of carbonyl (C=O) groups is 2. The van der Waals surface area contributed by atoms with Crippen LogP contribution in [0.15, 0.2) is 60.0 Å². The molecule has 0 unspecified atom stereocenters. The lowest BCUT2D eigenvalue weighted by molar-refractivity contribution is -0.134. The molecule has 182 valence electrons. The van der Waals surface area contributed by atoms with Crippen molar-refractivity contribution in [3.63, 3.8) is 0 Å². The third-order valence-electron chi connectivity index (χ3n) is 6.76. The number of nitrogens with zero attached hydrogens (tertiary/aromatic N) is 3. The van der Waals surface area contributed by atoms with Gasteiger partial charge < -0.3 is 15.1 Å². The molecule has 3 aromatic rings. The largest absolute Gasteiger partial charge is 0.338 e. The summed E-state index contributed by atoms with van der Waals surface area (Å²) >= 11 is 1.72. The van der Waals surface area contributed by atoms with Crippen molar-refractivity contribution in [2.45, 2.75) is 19.4 Å². The summed E-state index contributed by atoms with van der Waals surface area (Å²) < 4.78 is 14.0. The van der Waals surface area contributed by atoms with Gasteiger partial charge in [0.05, 0.1) is 12.6 Å². The van der Waals surface area contributed by atoms with Gasteiger partial charge in [-0.1, -0.05) is 24.3 Å². The van der Waals surface area contributed by atoms with E-state index in [0.29, 0.717) is 26.2 Å². The van der Waals surface area contributed by atoms with E-state index in [0.717, 1.165) is 35.3 Å². The molecule has 1 fully saturated rings. The Morgan fingerprint density at radius 3 is 2.54 bits per heavy atom. The molecule has 1 saturated heterocycles. The second-order valence-electron chi connectivity index (χ2n) is 9.14. The summed E-state index contributed by atoms with van der Waals surface area (Å²) in [7, 11) is 0. The lowest BCUT2D eigenvalue weighted by Gasteiger charge is -2.39. The topological polar surface area (TPSA) is 55.9 Å². The van der Waals surface area contributed by atoms with E-state index >= 15 is 0 Å². The summed E-state index contributed by atoms with van der Waals surface area (Å²) in [5.41, 5.74) is 3.89. The number of carbonyl (C=O) groups excluding carboxylic acids is 2. The van der Waals surface area contributed by atoms with Gasteiger partial charge in [0.25, 0.3) is 0 Å². The highest BCUT2D eigenvalue weighted by molar-refractivity contribution is 7.10. The highest BCUT2D eigenvalue weighted by Gasteiger charge is 2.33. The van der Waals surface area contributed by atoms with Crippen molar-refractivity contribution in [3.05, 3.63) is 87.4 Å². The molecule has 1 aromatic heterocycles. The van der Waals surface area contributed by atoms with Crippen molar-refractivity contribution >= 4 is 29.0 Å². The fourth-order valence-corrected chi connectivity index (χ4v) is 5.87. The average Bonchev–Trinajstić information content (AvgIpc) is 3.33. The molecule has 0 spiro atoms. The zero-order valence-corrected chi connectivity index (χ0v) is 20.6. The fraction of sp³-hybridized carbons (Fsp3) is 0.333. The molecule has 0 bridgehead atoms. The average molecular weight is 493 g/mol. The van der Waals surface area contributed by atoms with Crippen molar-refractivity contribution in [3.8, 4) is 0 Å². The molecule has 5 rings (SSSR count). The Hall–Kier alpha value is -3.23. The van der Waals surface area contributed by atoms with Gasteiger partial charge in [0.15, 0.2) is 0 Å². The first-order chi connectivity index (χ1) is 17.0. The molecule has 1 N–H and O–H groups in total. The zero-order chi connectivity index (χ0) is 24.4. The monoisotopic (exact) mass is 492 g/mol. The number of piperazine rings is 1. The Morgan fingerprint density at radius 1 is 1.00 bits per heavy atom. The van der Waals surface area contributed by atoms with Crippen molar-refractivity contribution in [2.75, 3.05) is 44.6 Å². The Labute approximate surface area is 209 Å². The number of rotatable bonds is 4. The van der Waals surface area contributed by atoms with E-state index in [1.165, 1.54) is 10.9 Å². The van der Waals surface area contributed by atoms with Gasteiger partial charge >= 0.3 is 6.03 Å². The first kappa shape index (κ1) is 23.5. The van der Waals surface area contributed by atoms with Crippen LogP contribution in [0.4, 0.5) is 14.9 Å². The molecular formula is C27H29FN4O2S. The molecule has 0 aliphatic carbocycles. The van der Waals surface area contributed by atoms with Crippen molar-refractivity contribution in [2.24, 2.45) is 0 Å². The first-order valence-corrected chi connectivity index (χ1v) is 12.8. The maximum atomic E-state index is 14.0. The van der Waals surface area contributed by atoms with Crippen molar-refractivity contribution in [1.82, 2.24) is 14.7 Å². The normalized spacial score (nSPS) is 18.3.